The molecule has 0 aromatic carbocycles. The zero-order valence-corrected chi connectivity index (χ0v) is 26.7. The highest BCUT2D eigenvalue weighted by atomic mass is 15.1. The zero-order chi connectivity index (χ0) is 30.7. The first-order chi connectivity index (χ1) is 20.4. The van der Waals surface area contributed by atoms with Crippen LogP contribution in [0.3, 0.4) is 0 Å². The van der Waals surface area contributed by atoms with Crippen molar-refractivity contribution in [1.29, 1.82) is 0 Å². The molecule has 0 amide bonds. The van der Waals surface area contributed by atoms with Crippen molar-refractivity contribution < 1.29 is 0 Å². The first-order valence-electron chi connectivity index (χ1n) is 16.7. The average Bonchev–Trinajstić information content (AvgIpc) is 2.88. The number of likely N-dealkylation sites (tertiary alicyclic amines) is 3. The van der Waals surface area contributed by atoms with Crippen molar-refractivity contribution in [2.45, 2.75) is 96.3 Å². The van der Waals surface area contributed by atoms with Gasteiger partial charge in [-0.25, -0.2) is 0 Å². The van der Waals surface area contributed by atoms with Crippen LogP contribution < -0.4 is 34.4 Å². The molecule has 0 bridgehead atoms. The second kappa shape index (κ2) is 26.3. The molecule has 3 aliphatic rings. The van der Waals surface area contributed by atoms with Crippen LogP contribution in [-0.2, 0) is 0 Å². The number of hydrogen-bond acceptors (Lipinski definition) is 6. The third-order valence-electron chi connectivity index (χ3n) is 7.98. The summed E-state index contributed by atoms with van der Waals surface area (Å²) < 4.78 is 0. The molecule has 0 unspecified atom stereocenters. The number of guanidine groups is 3. The third kappa shape index (κ3) is 24.3. The van der Waals surface area contributed by atoms with E-state index in [9.17, 15) is 0 Å². The van der Waals surface area contributed by atoms with Crippen LogP contribution in [0.4, 0.5) is 0 Å². The van der Waals surface area contributed by atoms with E-state index in [0.29, 0.717) is 0 Å². The van der Waals surface area contributed by atoms with Crippen molar-refractivity contribution in [2.75, 3.05) is 78.5 Å². The van der Waals surface area contributed by atoms with Crippen molar-refractivity contribution in [1.82, 2.24) is 14.7 Å². The van der Waals surface area contributed by atoms with Crippen LogP contribution in [0.15, 0.2) is 15.0 Å². The number of nitrogens with zero attached hydrogens (tertiary/aromatic N) is 6. The summed E-state index contributed by atoms with van der Waals surface area (Å²) in [5.74, 6) is 0.617. The molecule has 12 N–H and O–H groups in total. The molecule has 246 valence electrons. The largest absolute Gasteiger partial charge is 0.370 e. The Balaban J connectivity index is 0.000000315. The Hall–Kier alpha value is -2.31. The quantitative estimate of drug-likeness (QED) is 0.169. The monoisotopic (exact) mass is 595 g/mol. The van der Waals surface area contributed by atoms with Gasteiger partial charge in [0, 0.05) is 19.6 Å². The van der Waals surface area contributed by atoms with Crippen LogP contribution in [0.5, 0.6) is 0 Å². The minimum Gasteiger partial charge on any atom is -0.370 e. The van der Waals surface area contributed by atoms with Crippen LogP contribution in [0.25, 0.3) is 0 Å². The first-order valence-corrected chi connectivity index (χ1v) is 16.7. The molecule has 0 aromatic rings. The molecular formula is C30H66N12. The van der Waals surface area contributed by atoms with Crippen LogP contribution in [0.1, 0.15) is 96.3 Å². The van der Waals surface area contributed by atoms with Crippen LogP contribution in [0.2, 0.25) is 0 Å². The number of hydrogen-bond donors (Lipinski definition) is 6. The van der Waals surface area contributed by atoms with Gasteiger partial charge >= 0.3 is 0 Å². The SMILES string of the molecule is NC(N)=NCCN1CCCCCCC1.NC(N)=NCCN1CCCCCCC1.NC(N)=NCCN1CCCCCCC1. The van der Waals surface area contributed by atoms with E-state index in [0.717, 1.165) is 39.3 Å². The predicted octanol–water partition coefficient (Wildman–Crippen LogP) is 1.58. The molecule has 3 aliphatic heterocycles. The van der Waals surface area contributed by atoms with Crippen molar-refractivity contribution >= 4 is 17.9 Å². The van der Waals surface area contributed by atoms with Gasteiger partial charge in [-0.2, -0.15) is 0 Å². The lowest BCUT2D eigenvalue weighted by atomic mass is 10.1. The zero-order valence-electron chi connectivity index (χ0n) is 26.7. The number of aliphatic imine (C=N–C) groups is 3. The topological polar surface area (TPSA) is 203 Å². The van der Waals surface area contributed by atoms with Crippen molar-refractivity contribution in [2.24, 2.45) is 49.4 Å². The van der Waals surface area contributed by atoms with E-state index >= 15 is 0 Å². The molecule has 3 rings (SSSR count). The molecule has 12 nitrogen and oxygen atoms in total. The summed E-state index contributed by atoms with van der Waals surface area (Å²) in [6.45, 7) is 12.5. The Morgan fingerprint density at radius 2 is 0.524 bits per heavy atom. The molecule has 42 heavy (non-hydrogen) atoms. The summed E-state index contributed by atoms with van der Waals surface area (Å²) in [6.07, 6.45) is 20.4. The average molecular weight is 595 g/mol. The Kier molecular flexibility index (Phi) is 23.6. The molecule has 0 aromatic heterocycles. The normalized spacial score (nSPS) is 19.7. The maximum atomic E-state index is 5.27. The molecule has 0 saturated carbocycles. The number of nitrogens with two attached hydrogens (primary N) is 6. The Bertz CT molecular complexity index is 596. The number of rotatable bonds is 9. The van der Waals surface area contributed by atoms with E-state index in [1.807, 2.05) is 0 Å². The Labute approximate surface area is 256 Å². The van der Waals surface area contributed by atoms with Crippen LogP contribution in [-0.4, -0.2) is 111 Å². The van der Waals surface area contributed by atoms with Gasteiger partial charge in [0.05, 0.1) is 19.6 Å². The fourth-order valence-electron chi connectivity index (χ4n) is 5.57. The second-order valence-corrected chi connectivity index (χ2v) is 11.7. The van der Waals surface area contributed by atoms with Gasteiger partial charge in [-0.1, -0.05) is 57.8 Å². The maximum absolute atomic E-state index is 5.27. The molecule has 3 saturated heterocycles. The first kappa shape index (κ1) is 37.7. The fourth-order valence-corrected chi connectivity index (χ4v) is 5.57. The van der Waals surface area contributed by atoms with E-state index in [4.69, 9.17) is 34.4 Å². The lowest BCUT2D eigenvalue weighted by Crippen LogP contribution is -2.31. The fraction of sp³-hybridized carbons (Fsp3) is 0.900. The van der Waals surface area contributed by atoms with Crippen molar-refractivity contribution in [3.05, 3.63) is 0 Å². The van der Waals surface area contributed by atoms with Crippen LogP contribution in [0, 0.1) is 0 Å². The minimum absolute atomic E-state index is 0.206. The maximum Gasteiger partial charge on any atom is 0.185 e. The summed E-state index contributed by atoms with van der Waals surface area (Å²) in [4.78, 5) is 19.4. The van der Waals surface area contributed by atoms with E-state index in [2.05, 4.69) is 29.7 Å². The van der Waals surface area contributed by atoms with Gasteiger partial charge in [-0.15, -0.1) is 0 Å². The van der Waals surface area contributed by atoms with Gasteiger partial charge in [0.2, 0.25) is 0 Å². The molecule has 0 aliphatic carbocycles. The summed E-state index contributed by atoms with van der Waals surface area (Å²) in [5.41, 5.74) is 31.6. The van der Waals surface area contributed by atoms with Crippen molar-refractivity contribution in [3.63, 3.8) is 0 Å². The molecule has 3 heterocycles. The Morgan fingerprint density at radius 1 is 0.333 bits per heavy atom. The summed E-state index contributed by atoms with van der Waals surface area (Å²) in [7, 11) is 0. The van der Waals surface area contributed by atoms with E-state index in [1.54, 1.807) is 0 Å². The Morgan fingerprint density at radius 3 is 0.714 bits per heavy atom. The summed E-state index contributed by atoms with van der Waals surface area (Å²) in [6, 6.07) is 0. The molecule has 0 spiro atoms. The van der Waals surface area contributed by atoms with Gasteiger partial charge < -0.3 is 49.1 Å². The summed E-state index contributed by atoms with van der Waals surface area (Å²) >= 11 is 0. The highest BCUT2D eigenvalue weighted by molar-refractivity contribution is 5.76. The molecule has 0 atom stereocenters. The van der Waals surface area contributed by atoms with Gasteiger partial charge in [0.1, 0.15) is 0 Å². The highest BCUT2D eigenvalue weighted by Gasteiger charge is 2.08. The molecule has 0 radical (unpaired) electrons. The second-order valence-electron chi connectivity index (χ2n) is 11.7. The predicted molar refractivity (Wildman–Crippen MR) is 181 cm³/mol. The van der Waals surface area contributed by atoms with E-state index < -0.39 is 0 Å². The van der Waals surface area contributed by atoms with E-state index in [-0.39, 0.29) is 17.9 Å². The van der Waals surface area contributed by atoms with Gasteiger partial charge in [0.15, 0.2) is 17.9 Å². The third-order valence-corrected chi connectivity index (χ3v) is 7.98. The lowest BCUT2D eigenvalue weighted by Gasteiger charge is -2.23. The van der Waals surface area contributed by atoms with Gasteiger partial charge in [-0.3, -0.25) is 15.0 Å². The molecule has 12 heteroatoms. The van der Waals surface area contributed by atoms with E-state index in [1.165, 1.54) is 136 Å². The smallest absolute Gasteiger partial charge is 0.185 e. The van der Waals surface area contributed by atoms with Gasteiger partial charge in [0.25, 0.3) is 0 Å². The standard InChI is InChI=1S/3C10H22N4/c3*11-10(12)13-6-9-14-7-4-2-1-3-5-8-14/h3*1-9H2,(H4,11,12,13). The summed E-state index contributed by atoms with van der Waals surface area (Å²) in [5, 5.41) is 0. The minimum atomic E-state index is 0.206. The highest BCUT2D eigenvalue weighted by Crippen LogP contribution is 2.11. The molecule has 3 fully saturated rings. The van der Waals surface area contributed by atoms with Crippen LogP contribution >= 0.6 is 0 Å². The van der Waals surface area contributed by atoms with Crippen molar-refractivity contribution in [3.8, 4) is 0 Å². The molecular weight excluding hydrogens is 528 g/mol. The lowest BCUT2D eigenvalue weighted by molar-refractivity contribution is 0.254. The van der Waals surface area contributed by atoms with Gasteiger partial charge in [-0.05, 0) is 77.8 Å².